The molecule has 0 unspecified atom stereocenters. The Morgan fingerprint density at radius 1 is 1.15 bits per heavy atom. The zero-order valence-corrected chi connectivity index (χ0v) is 13.7. The molecule has 0 fully saturated rings. The highest BCUT2D eigenvalue weighted by atomic mass is 35.5. The second-order valence-electron chi connectivity index (χ2n) is 5.53. The molecule has 0 spiro atoms. The van der Waals surface area contributed by atoms with E-state index in [0.29, 0.717) is 33.1 Å². The number of hydrogen-bond acceptors (Lipinski definition) is 3. The molecule has 0 saturated heterocycles. The predicted molar refractivity (Wildman–Crippen MR) is 92.6 cm³/mol. The van der Waals surface area contributed by atoms with E-state index in [1.807, 2.05) is 0 Å². The van der Waals surface area contributed by atoms with Gasteiger partial charge in [-0.3, -0.25) is 9.89 Å². The highest BCUT2D eigenvalue weighted by Crippen LogP contribution is 2.34. The number of carbonyl (C=O) groups is 1. The van der Waals surface area contributed by atoms with Crippen molar-refractivity contribution < 1.29 is 13.6 Å². The van der Waals surface area contributed by atoms with Crippen LogP contribution in [-0.4, -0.2) is 26.1 Å². The van der Waals surface area contributed by atoms with Crippen LogP contribution < -0.4 is 5.73 Å². The van der Waals surface area contributed by atoms with Crippen LogP contribution in [0.15, 0.2) is 36.5 Å². The van der Waals surface area contributed by atoms with Crippen molar-refractivity contribution in [3.8, 4) is 22.6 Å². The van der Waals surface area contributed by atoms with Crippen LogP contribution >= 0.6 is 11.6 Å². The minimum Gasteiger partial charge on any atom is -0.365 e. The van der Waals surface area contributed by atoms with Crippen molar-refractivity contribution in [1.82, 2.24) is 20.2 Å². The largest absolute Gasteiger partial charge is 0.365 e. The van der Waals surface area contributed by atoms with Gasteiger partial charge in [0, 0.05) is 11.1 Å². The molecule has 26 heavy (non-hydrogen) atoms. The molecule has 4 rings (SSSR count). The molecule has 0 aliphatic heterocycles. The molecule has 1 amide bonds. The number of fused-ring (bicyclic) bond motifs is 1. The van der Waals surface area contributed by atoms with Gasteiger partial charge < -0.3 is 10.7 Å². The summed E-state index contributed by atoms with van der Waals surface area (Å²) in [6.07, 6.45) is 1.35. The number of aromatic nitrogens is 4. The number of carbonyl (C=O) groups excluding carboxylic acids is 1. The van der Waals surface area contributed by atoms with Crippen molar-refractivity contribution in [2.45, 2.75) is 0 Å². The van der Waals surface area contributed by atoms with Gasteiger partial charge in [0.2, 0.25) is 0 Å². The lowest BCUT2D eigenvalue weighted by molar-refractivity contribution is 0.0992. The molecule has 2 heterocycles. The van der Waals surface area contributed by atoms with Gasteiger partial charge >= 0.3 is 0 Å². The summed E-state index contributed by atoms with van der Waals surface area (Å²) in [7, 11) is 0. The lowest BCUT2D eigenvalue weighted by Crippen LogP contribution is -2.16. The van der Waals surface area contributed by atoms with Gasteiger partial charge in [0.25, 0.3) is 5.91 Å². The van der Waals surface area contributed by atoms with E-state index in [9.17, 15) is 13.6 Å². The van der Waals surface area contributed by atoms with Crippen LogP contribution in [0.25, 0.3) is 33.7 Å². The molecule has 0 atom stereocenters. The van der Waals surface area contributed by atoms with E-state index < -0.39 is 23.1 Å². The lowest BCUT2D eigenvalue weighted by atomic mass is 10.0. The molecule has 0 bridgehead atoms. The van der Waals surface area contributed by atoms with Crippen molar-refractivity contribution in [3.63, 3.8) is 0 Å². The summed E-state index contributed by atoms with van der Waals surface area (Å²) in [5.41, 5.74) is 6.12. The fourth-order valence-corrected chi connectivity index (χ4v) is 2.99. The molecule has 0 aliphatic carbocycles. The van der Waals surface area contributed by atoms with E-state index in [0.717, 1.165) is 6.07 Å². The first-order chi connectivity index (χ1) is 12.5. The molecule has 6 nitrogen and oxygen atoms in total. The first-order valence-electron chi connectivity index (χ1n) is 7.43. The second-order valence-corrected chi connectivity index (χ2v) is 5.94. The number of halogens is 3. The van der Waals surface area contributed by atoms with E-state index in [2.05, 4.69) is 20.2 Å². The molecule has 0 aliphatic rings. The number of hydrogen-bond donors (Lipinski definition) is 3. The topological polar surface area (TPSA) is 100 Å². The first-order valence-corrected chi connectivity index (χ1v) is 7.81. The number of nitrogens with two attached hydrogens (primary N) is 1. The molecule has 130 valence electrons. The number of imidazole rings is 1. The van der Waals surface area contributed by atoms with Crippen LogP contribution in [0, 0.1) is 11.6 Å². The Labute approximate surface area is 150 Å². The van der Waals surface area contributed by atoms with Crippen molar-refractivity contribution in [2.24, 2.45) is 5.73 Å². The van der Waals surface area contributed by atoms with Crippen molar-refractivity contribution in [1.29, 1.82) is 0 Å². The van der Waals surface area contributed by atoms with Crippen LogP contribution in [0.2, 0.25) is 5.02 Å². The summed E-state index contributed by atoms with van der Waals surface area (Å²) in [4.78, 5) is 18.8. The third-order valence-electron chi connectivity index (χ3n) is 3.97. The van der Waals surface area contributed by atoms with Crippen LogP contribution in [0.1, 0.15) is 10.4 Å². The number of nitrogens with one attached hydrogen (secondary N) is 2. The Hall–Kier alpha value is -3.26. The van der Waals surface area contributed by atoms with Gasteiger partial charge in [-0.25, -0.2) is 13.8 Å². The number of H-pyrrole nitrogens is 2. The number of rotatable bonds is 3. The summed E-state index contributed by atoms with van der Waals surface area (Å²) in [6.45, 7) is 0. The Morgan fingerprint density at radius 3 is 2.69 bits per heavy atom. The smallest absolute Gasteiger partial charge is 0.254 e. The number of benzene rings is 2. The number of amides is 1. The minimum absolute atomic E-state index is 0.0319. The average Bonchev–Trinajstić information content (AvgIpc) is 3.21. The molecule has 2 aromatic heterocycles. The normalized spacial score (nSPS) is 11.2. The summed E-state index contributed by atoms with van der Waals surface area (Å²) in [6, 6.07) is 7.43. The highest BCUT2D eigenvalue weighted by molar-refractivity contribution is 6.35. The number of primary amides is 1. The maximum absolute atomic E-state index is 14.7. The Balaban J connectivity index is 1.92. The van der Waals surface area contributed by atoms with Gasteiger partial charge in [-0.2, -0.15) is 5.10 Å². The molecule has 0 saturated carbocycles. The number of para-hydroxylation sites is 1. The molecule has 9 heteroatoms. The first kappa shape index (κ1) is 16.2. The predicted octanol–water partition coefficient (Wildman–Crippen LogP) is 3.65. The van der Waals surface area contributed by atoms with Gasteiger partial charge in [0.1, 0.15) is 28.4 Å². The quantitative estimate of drug-likeness (QED) is 0.511. The Morgan fingerprint density at radius 2 is 1.96 bits per heavy atom. The third-order valence-corrected chi connectivity index (χ3v) is 4.27. The summed E-state index contributed by atoms with van der Waals surface area (Å²) in [5.74, 6) is -2.92. The van der Waals surface area contributed by atoms with Crippen LogP contribution in [0.5, 0.6) is 0 Å². The Bertz CT molecular complexity index is 1170. The van der Waals surface area contributed by atoms with Gasteiger partial charge in [0.05, 0.1) is 16.7 Å². The maximum Gasteiger partial charge on any atom is 0.254 e. The van der Waals surface area contributed by atoms with Gasteiger partial charge in [-0.05, 0) is 24.3 Å². The van der Waals surface area contributed by atoms with Crippen molar-refractivity contribution in [2.75, 3.05) is 0 Å². The van der Waals surface area contributed by atoms with Crippen molar-refractivity contribution in [3.05, 3.63) is 58.7 Å². The van der Waals surface area contributed by atoms with Gasteiger partial charge in [-0.15, -0.1) is 0 Å². The fourth-order valence-electron chi connectivity index (χ4n) is 2.77. The molecule has 4 aromatic rings. The number of aromatic amines is 2. The lowest BCUT2D eigenvalue weighted by Gasteiger charge is -2.07. The van der Waals surface area contributed by atoms with Crippen LogP contribution in [0.3, 0.4) is 0 Å². The fraction of sp³-hybridized carbons (Fsp3) is 0. The van der Waals surface area contributed by atoms with Gasteiger partial charge in [-0.1, -0.05) is 17.7 Å². The number of nitrogens with zero attached hydrogens (tertiary/aromatic N) is 2. The second kappa shape index (κ2) is 5.92. The van der Waals surface area contributed by atoms with Crippen LogP contribution in [-0.2, 0) is 0 Å². The SMILES string of the molecule is NC(=O)c1c(F)ccc(-c2cn[nH]c2-c2nc3c(Cl)cccc3[nH]2)c1F. The van der Waals surface area contributed by atoms with E-state index in [1.165, 1.54) is 12.3 Å². The average molecular weight is 374 g/mol. The molecule has 0 radical (unpaired) electrons. The zero-order chi connectivity index (χ0) is 18.4. The van der Waals surface area contributed by atoms with Crippen LogP contribution in [0.4, 0.5) is 8.78 Å². The van der Waals surface area contributed by atoms with E-state index in [4.69, 9.17) is 17.3 Å². The van der Waals surface area contributed by atoms with E-state index in [-0.39, 0.29) is 5.56 Å². The van der Waals surface area contributed by atoms with E-state index >= 15 is 0 Å². The van der Waals surface area contributed by atoms with Crippen molar-refractivity contribution >= 4 is 28.5 Å². The summed E-state index contributed by atoms with van der Waals surface area (Å²) < 4.78 is 28.4. The summed E-state index contributed by atoms with van der Waals surface area (Å²) in [5, 5.41) is 7.09. The minimum atomic E-state index is -1.19. The molecular formula is C17H10ClF2N5O. The Kier molecular flexibility index (Phi) is 3.69. The zero-order valence-electron chi connectivity index (χ0n) is 13.0. The highest BCUT2D eigenvalue weighted by Gasteiger charge is 2.23. The molecule has 2 aromatic carbocycles. The third kappa shape index (κ3) is 2.42. The van der Waals surface area contributed by atoms with E-state index in [1.54, 1.807) is 18.2 Å². The van der Waals surface area contributed by atoms with Gasteiger partial charge in [0.15, 0.2) is 5.82 Å². The maximum atomic E-state index is 14.7. The monoisotopic (exact) mass is 373 g/mol. The molecular weight excluding hydrogens is 364 g/mol. The molecule has 4 N–H and O–H groups in total. The standard InChI is InChI=1S/C17H10ClF2N5O/c18-9-2-1-3-11-15(9)24-17(23-11)14-8(6-22-25-14)7-4-5-10(19)12(13(7)20)16(21)26/h1-6H,(H2,21,26)(H,22,25)(H,23,24). The summed E-state index contributed by atoms with van der Waals surface area (Å²) >= 11 is 6.13.